The van der Waals surface area contributed by atoms with Crippen LogP contribution in [0.1, 0.15) is 12.8 Å². The number of sulfonamides is 1. The predicted molar refractivity (Wildman–Crippen MR) is 70.8 cm³/mol. The van der Waals surface area contributed by atoms with Crippen LogP contribution in [0.5, 0.6) is 0 Å². The topological polar surface area (TPSA) is 122 Å². The number of aliphatic carboxylic acids is 1. The number of carboxylic acids is 1. The van der Waals surface area contributed by atoms with Gasteiger partial charge in [-0.25, -0.2) is 22.9 Å². The van der Waals surface area contributed by atoms with Crippen molar-refractivity contribution >= 4 is 21.9 Å². The largest absolute Gasteiger partial charge is 0.480 e. The molecule has 1 saturated heterocycles. The van der Waals surface area contributed by atoms with Crippen LogP contribution in [0.4, 0.5) is 0 Å². The summed E-state index contributed by atoms with van der Waals surface area (Å²) in [5.74, 6) is -1.63. The molecular formula is C11H16N4O5S. The number of hydrogen-bond donors (Lipinski definition) is 2. The lowest BCUT2D eigenvalue weighted by Crippen LogP contribution is -2.45. The number of carboxylic acid groups (broad SMARTS) is 1. The van der Waals surface area contributed by atoms with Crippen molar-refractivity contribution in [3.8, 4) is 0 Å². The Morgan fingerprint density at radius 2 is 2.24 bits per heavy atom. The molecule has 1 fully saturated rings. The van der Waals surface area contributed by atoms with E-state index in [9.17, 15) is 18.0 Å². The van der Waals surface area contributed by atoms with Gasteiger partial charge in [0.05, 0.1) is 12.9 Å². The van der Waals surface area contributed by atoms with Gasteiger partial charge in [0.1, 0.15) is 6.04 Å². The van der Waals surface area contributed by atoms with Gasteiger partial charge in [-0.3, -0.25) is 4.79 Å². The Labute approximate surface area is 121 Å². The maximum absolute atomic E-state index is 12.0. The fourth-order valence-corrected chi connectivity index (χ4v) is 3.13. The summed E-state index contributed by atoms with van der Waals surface area (Å²) in [5.41, 5.74) is 0. The zero-order valence-corrected chi connectivity index (χ0v) is 12.2. The molecule has 1 unspecified atom stereocenters. The Morgan fingerprint density at radius 3 is 2.81 bits per heavy atom. The van der Waals surface area contributed by atoms with Crippen LogP contribution in [0, 0.1) is 0 Å². The standard InChI is InChI=1S/C11H16N4O5S/c1-14-6-9(12-7-14)21(19,20)13-5-10(16)15-4-2-3-8(15)11(17)18/h6-8,13H,2-5H2,1H3,(H,17,18). The molecule has 1 aromatic heterocycles. The lowest BCUT2D eigenvalue weighted by Gasteiger charge is -2.21. The van der Waals surface area contributed by atoms with Crippen LogP contribution < -0.4 is 4.72 Å². The lowest BCUT2D eigenvalue weighted by atomic mass is 10.2. The first-order valence-corrected chi connectivity index (χ1v) is 7.79. The number of nitrogens with zero attached hydrogens (tertiary/aromatic N) is 3. The number of rotatable bonds is 5. The molecule has 1 aromatic rings. The summed E-state index contributed by atoms with van der Waals surface area (Å²) in [5, 5.41) is 8.81. The molecule has 0 bridgehead atoms. The highest BCUT2D eigenvalue weighted by Gasteiger charge is 2.34. The molecule has 2 rings (SSSR count). The maximum atomic E-state index is 12.0. The number of imidazole rings is 1. The van der Waals surface area contributed by atoms with Crippen molar-refractivity contribution in [2.75, 3.05) is 13.1 Å². The van der Waals surface area contributed by atoms with E-state index >= 15 is 0 Å². The Balaban J connectivity index is 1.99. The van der Waals surface area contributed by atoms with Crippen molar-refractivity contribution in [3.05, 3.63) is 12.5 Å². The zero-order chi connectivity index (χ0) is 15.6. The second kappa shape index (κ2) is 5.82. The highest BCUT2D eigenvalue weighted by atomic mass is 32.2. The summed E-state index contributed by atoms with van der Waals surface area (Å²) in [6, 6.07) is -0.878. The Hall–Kier alpha value is -1.94. The van der Waals surface area contributed by atoms with Crippen molar-refractivity contribution in [2.24, 2.45) is 7.05 Å². The smallest absolute Gasteiger partial charge is 0.326 e. The predicted octanol–water partition coefficient (Wildman–Crippen LogP) is -1.23. The minimum atomic E-state index is -3.88. The fraction of sp³-hybridized carbons (Fsp3) is 0.545. The Bertz CT molecular complexity index is 653. The monoisotopic (exact) mass is 316 g/mol. The molecule has 0 saturated carbocycles. The molecule has 10 heteroatoms. The molecule has 2 N–H and O–H groups in total. The van der Waals surface area contributed by atoms with Crippen molar-refractivity contribution in [1.29, 1.82) is 0 Å². The normalized spacial score (nSPS) is 18.9. The van der Waals surface area contributed by atoms with Crippen molar-refractivity contribution in [3.63, 3.8) is 0 Å². The van der Waals surface area contributed by atoms with E-state index in [0.717, 1.165) is 0 Å². The first-order valence-electron chi connectivity index (χ1n) is 6.31. The zero-order valence-electron chi connectivity index (χ0n) is 11.4. The molecule has 0 aromatic carbocycles. The number of likely N-dealkylation sites (tertiary alicyclic amines) is 1. The molecule has 9 nitrogen and oxygen atoms in total. The van der Waals surface area contributed by atoms with Crippen molar-refractivity contribution in [2.45, 2.75) is 23.9 Å². The third-order valence-corrected chi connectivity index (χ3v) is 4.51. The fourth-order valence-electron chi connectivity index (χ4n) is 2.18. The molecule has 1 amide bonds. The number of hydrogen-bond acceptors (Lipinski definition) is 5. The summed E-state index contributed by atoms with van der Waals surface area (Å²) in [4.78, 5) is 27.8. The average molecular weight is 316 g/mol. The first kappa shape index (κ1) is 15.4. The lowest BCUT2D eigenvalue weighted by molar-refractivity contribution is -0.147. The number of nitrogens with one attached hydrogen (secondary N) is 1. The van der Waals surface area contributed by atoms with E-state index in [1.807, 2.05) is 0 Å². The van der Waals surface area contributed by atoms with Crippen molar-refractivity contribution in [1.82, 2.24) is 19.2 Å². The van der Waals surface area contributed by atoms with Crippen LogP contribution in [-0.4, -0.2) is 59.0 Å². The summed E-state index contributed by atoms with van der Waals surface area (Å²) in [6.45, 7) is -0.163. The van der Waals surface area contributed by atoms with Gasteiger partial charge in [0.2, 0.25) is 5.91 Å². The number of aryl methyl sites for hydroxylation is 1. The molecular weight excluding hydrogens is 300 g/mol. The molecule has 0 radical (unpaired) electrons. The van der Waals surface area contributed by atoms with Crippen LogP contribution in [0.15, 0.2) is 17.6 Å². The quantitative estimate of drug-likeness (QED) is 0.702. The summed E-state index contributed by atoms with van der Waals surface area (Å²) in [6.07, 6.45) is 3.61. The van der Waals surface area contributed by atoms with Crippen LogP contribution >= 0.6 is 0 Å². The summed E-state index contributed by atoms with van der Waals surface area (Å²) < 4.78 is 27.4. The summed E-state index contributed by atoms with van der Waals surface area (Å²) in [7, 11) is -2.25. The van der Waals surface area contributed by atoms with Gasteiger partial charge < -0.3 is 14.6 Å². The number of carbonyl (C=O) groups excluding carboxylic acids is 1. The van der Waals surface area contributed by atoms with E-state index in [4.69, 9.17) is 5.11 Å². The van der Waals surface area contributed by atoms with Crippen LogP contribution in [-0.2, 0) is 26.7 Å². The average Bonchev–Trinajstić information content (AvgIpc) is 3.04. The highest BCUT2D eigenvalue weighted by molar-refractivity contribution is 7.89. The number of aromatic nitrogens is 2. The molecule has 2 heterocycles. The van der Waals surface area contributed by atoms with Crippen LogP contribution in [0.2, 0.25) is 0 Å². The third kappa shape index (κ3) is 3.39. The Kier molecular flexibility index (Phi) is 4.28. The third-order valence-electron chi connectivity index (χ3n) is 3.23. The van der Waals surface area contributed by atoms with Gasteiger partial charge in [-0.15, -0.1) is 0 Å². The van der Waals surface area contributed by atoms with Gasteiger partial charge in [0.25, 0.3) is 10.0 Å². The number of amides is 1. The molecule has 21 heavy (non-hydrogen) atoms. The second-order valence-electron chi connectivity index (χ2n) is 4.79. The van der Waals surface area contributed by atoms with Gasteiger partial charge in [-0.2, -0.15) is 0 Å². The van der Waals surface area contributed by atoms with E-state index in [-0.39, 0.29) is 5.03 Å². The second-order valence-corrected chi connectivity index (χ2v) is 6.50. The molecule has 1 aliphatic heterocycles. The van der Waals surface area contributed by atoms with E-state index in [1.54, 1.807) is 7.05 Å². The molecule has 1 atom stereocenters. The van der Waals surface area contributed by atoms with E-state index < -0.39 is 34.5 Å². The van der Waals surface area contributed by atoms with Crippen LogP contribution in [0.25, 0.3) is 0 Å². The van der Waals surface area contributed by atoms with Crippen molar-refractivity contribution < 1.29 is 23.1 Å². The SMILES string of the molecule is Cn1cnc(S(=O)(=O)NCC(=O)N2CCCC2C(=O)O)c1. The van der Waals surface area contributed by atoms with E-state index in [1.165, 1.54) is 22.0 Å². The first-order chi connectivity index (χ1) is 9.81. The molecule has 116 valence electrons. The molecule has 0 spiro atoms. The van der Waals surface area contributed by atoms with Gasteiger partial charge in [0, 0.05) is 19.8 Å². The van der Waals surface area contributed by atoms with E-state index in [2.05, 4.69) is 9.71 Å². The molecule has 0 aliphatic carbocycles. The highest BCUT2D eigenvalue weighted by Crippen LogP contribution is 2.17. The molecule has 1 aliphatic rings. The van der Waals surface area contributed by atoms with E-state index in [0.29, 0.717) is 19.4 Å². The Morgan fingerprint density at radius 1 is 1.52 bits per heavy atom. The minimum Gasteiger partial charge on any atom is -0.480 e. The summed E-state index contributed by atoms with van der Waals surface area (Å²) >= 11 is 0. The number of carbonyl (C=O) groups is 2. The van der Waals surface area contributed by atoms with Gasteiger partial charge in [0.15, 0.2) is 5.03 Å². The van der Waals surface area contributed by atoms with Gasteiger partial charge in [-0.05, 0) is 12.8 Å². The maximum Gasteiger partial charge on any atom is 0.326 e. The van der Waals surface area contributed by atoms with Gasteiger partial charge in [-0.1, -0.05) is 0 Å². The van der Waals surface area contributed by atoms with Gasteiger partial charge >= 0.3 is 5.97 Å². The van der Waals surface area contributed by atoms with Crippen LogP contribution in [0.3, 0.4) is 0 Å². The minimum absolute atomic E-state index is 0.186.